The average molecular weight is 993 g/mol. The van der Waals surface area contributed by atoms with E-state index in [1.165, 1.54) is 7.11 Å². The molecule has 10 N–H and O–H groups in total. The lowest BCUT2D eigenvalue weighted by Crippen LogP contribution is -2.69. The largest absolute Gasteiger partial charge is 0.394 e. The number of methoxy groups -OCH3 is 2. The molecule has 4 aliphatic carbocycles. The minimum atomic E-state index is -1.84. The smallest absolute Gasteiger partial charge is 0.187 e. The Morgan fingerprint density at radius 2 is 1.23 bits per heavy atom. The molecule has 0 radical (unpaired) electrons. The average Bonchev–Trinajstić information content (AvgIpc) is 3.86. The Balaban J connectivity index is 0.794. The van der Waals surface area contributed by atoms with Crippen molar-refractivity contribution in [1.82, 2.24) is 0 Å². The number of hydrogen-bond donors (Lipinski definition) is 10. The second-order valence-corrected chi connectivity index (χ2v) is 21.9. The molecule has 9 aliphatic rings. The molecule has 5 heterocycles. The van der Waals surface area contributed by atoms with E-state index in [1.807, 2.05) is 13.8 Å². The molecule has 29 atom stereocenters. The predicted molar refractivity (Wildman–Crippen MR) is 230 cm³/mol. The molecule has 2 spiro atoms. The van der Waals surface area contributed by atoms with Gasteiger partial charge in [-0.25, -0.2) is 0 Å². The molecule has 9 fully saturated rings. The third kappa shape index (κ3) is 8.22. The molecule has 0 aromatic rings. The van der Waals surface area contributed by atoms with Gasteiger partial charge in [0.2, 0.25) is 0 Å². The Kier molecular flexibility index (Phi) is 14.9. The van der Waals surface area contributed by atoms with Crippen LogP contribution in [-0.4, -0.2) is 231 Å². The van der Waals surface area contributed by atoms with E-state index in [0.717, 1.165) is 25.7 Å². The van der Waals surface area contributed by atoms with E-state index in [-0.39, 0.29) is 35.1 Å². The van der Waals surface area contributed by atoms with Gasteiger partial charge in [0.05, 0.1) is 49.8 Å². The molecule has 0 aromatic heterocycles. The lowest BCUT2D eigenvalue weighted by Gasteiger charge is -2.61. The molecule has 22 heteroatoms. The molecule has 396 valence electrons. The fourth-order valence-electron chi connectivity index (χ4n) is 14.9. The first-order valence-corrected chi connectivity index (χ1v) is 24.8. The Labute approximate surface area is 401 Å². The summed E-state index contributed by atoms with van der Waals surface area (Å²) in [6.45, 7) is 7.69. The number of carbonyl (C=O) groups is 1. The van der Waals surface area contributed by atoms with Gasteiger partial charge in [-0.1, -0.05) is 13.8 Å². The summed E-state index contributed by atoms with van der Waals surface area (Å²) in [5.74, 6) is -0.408. The highest BCUT2D eigenvalue weighted by atomic mass is 16.8. The topological polar surface area (TPSA) is 324 Å². The number of aliphatic hydroxyl groups is 10. The first kappa shape index (κ1) is 52.7. The third-order valence-electron chi connectivity index (χ3n) is 18.5. The number of ketones is 1. The monoisotopic (exact) mass is 992 g/mol. The Morgan fingerprint density at radius 1 is 0.609 bits per heavy atom. The highest BCUT2D eigenvalue weighted by Crippen LogP contribution is 2.81. The summed E-state index contributed by atoms with van der Waals surface area (Å²) < 4.78 is 67.2. The molecule has 9 rings (SSSR count). The first-order valence-electron chi connectivity index (χ1n) is 24.8. The van der Waals surface area contributed by atoms with Crippen LogP contribution in [0.4, 0.5) is 0 Å². The number of rotatable bonds is 13. The second-order valence-electron chi connectivity index (χ2n) is 21.9. The van der Waals surface area contributed by atoms with Gasteiger partial charge in [-0.05, 0) is 77.0 Å². The van der Waals surface area contributed by atoms with Gasteiger partial charge in [-0.2, -0.15) is 0 Å². The number of Topliss-reactive ketones (excluding diaryl/α,β-unsaturated/α-hetero) is 1. The summed E-state index contributed by atoms with van der Waals surface area (Å²) in [5.41, 5.74) is -2.34. The van der Waals surface area contributed by atoms with Crippen molar-refractivity contribution in [3.05, 3.63) is 0 Å². The van der Waals surface area contributed by atoms with Crippen molar-refractivity contribution >= 4 is 5.78 Å². The molecular weight excluding hydrogens is 916 g/mol. The number of epoxide rings is 1. The van der Waals surface area contributed by atoms with Crippen LogP contribution in [0.3, 0.4) is 0 Å². The fourth-order valence-corrected chi connectivity index (χ4v) is 14.9. The van der Waals surface area contributed by atoms with Crippen LogP contribution in [-0.2, 0) is 56.9 Å². The van der Waals surface area contributed by atoms with Crippen LogP contribution in [0.1, 0.15) is 86.0 Å². The first-order chi connectivity index (χ1) is 32.7. The fraction of sp³-hybridized carbons (Fsp3) is 0.979. The van der Waals surface area contributed by atoms with Crippen LogP contribution in [0.15, 0.2) is 0 Å². The lowest BCUT2D eigenvalue weighted by molar-refractivity contribution is -0.384. The van der Waals surface area contributed by atoms with E-state index >= 15 is 0 Å². The summed E-state index contributed by atoms with van der Waals surface area (Å²) in [5, 5.41) is 108. The molecule has 22 nitrogen and oxygen atoms in total. The zero-order valence-electron chi connectivity index (χ0n) is 40.4. The van der Waals surface area contributed by atoms with Gasteiger partial charge >= 0.3 is 0 Å². The van der Waals surface area contributed by atoms with Gasteiger partial charge in [0.25, 0.3) is 0 Å². The lowest BCUT2D eigenvalue weighted by atomic mass is 9.43. The van der Waals surface area contributed by atoms with Crippen molar-refractivity contribution in [2.45, 2.75) is 232 Å². The quantitative estimate of drug-likeness (QED) is 0.0674. The van der Waals surface area contributed by atoms with Crippen LogP contribution in [0, 0.1) is 28.6 Å². The van der Waals surface area contributed by atoms with Crippen molar-refractivity contribution in [1.29, 1.82) is 0 Å². The van der Waals surface area contributed by atoms with Gasteiger partial charge in [0.1, 0.15) is 90.2 Å². The standard InChI is InChI=1S/C47H76O22/c1-18(50)23-10-13-47-45(23,5)40(58)34(57)39-44(4)11-9-22(14-21(44)8-12-46(39,47)69-47)63-27-15-24(59-6)35(19(2)61-27)66-43-33(56)38(60-7)36(20(3)62-43)67-42-32(55)30(53)37(26(17-49)65-42)68-41-31(54)29(52)28(51)25(16-48)64-41/h19-43,48-49,51-58H,8-17H2,1-7H3/t19-,20-,21+,22+,23-,24-,25-,26-,27+,28-,29+,30-,31-,32-,33-,34+,35-,36-,37-,38+,39-,40-,41+,42+,43+,44+,45+,46+,47-/m1/s1. The van der Waals surface area contributed by atoms with Gasteiger partial charge in [-0.3, -0.25) is 4.79 Å². The maximum absolute atomic E-state index is 12.8. The Morgan fingerprint density at radius 3 is 1.88 bits per heavy atom. The summed E-state index contributed by atoms with van der Waals surface area (Å²) >= 11 is 0. The summed E-state index contributed by atoms with van der Waals surface area (Å²) in [7, 11) is 2.89. The van der Waals surface area contributed by atoms with E-state index in [2.05, 4.69) is 6.92 Å². The van der Waals surface area contributed by atoms with E-state index < -0.39 is 159 Å². The van der Waals surface area contributed by atoms with Gasteiger partial charge in [0, 0.05) is 37.9 Å². The van der Waals surface area contributed by atoms with Crippen molar-refractivity contribution in [2.24, 2.45) is 28.6 Å². The van der Waals surface area contributed by atoms with Crippen molar-refractivity contribution in [3.63, 3.8) is 0 Å². The normalized spacial score (nSPS) is 57.2. The zero-order chi connectivity index (χ0) is 49.9. The maximum Gasteiger partial charge on any atom is 0.187 e. The molecule has 4 saturated carbocycles. The highest BCUT2D eigenvalue weighted by molar-refractivity contribution is 5.80. The minimum Gasteiger partial charge on any atom is -0.394 e. The SMILES string of the molecule is CO[C@H]1[C@@H](O)[C@H](O[C@@H]2[C@@H](C)O[C@@H](O[C@H]3CC[C@@]4(C)[C@@H](CC[C@@]56O[C@@]57CC[C@H](C(C)=O)[C@@]7(C)[C@H](O)[C@@H](O)[C@H]46)C3)C[C@H]2OC)O[C@H](C)[C@H]1O[C@@H]1O[C@H](CO)[C@@H](O[C@@H]2O[C@H](CO)[C@@H](O)[C@H](O)[C@H]2O)[C@H](O)[C@H]1O. The van der Waals surface area contributed by atoms with E-state index in [0.29, 0.717) is 25.7 Å². The van der Waals surface area contributed by atoms with Crippen LogP contribution < -0.4 is 0 Å². The van der Waals surface area contributed by atoms with E-state index in [9.17, 15) is 55.9 Å². The van der Waals surface area contributed by atoms with Gasteiger partial charge in [-0.15, -0.1) is 0 Å². The number of ether oxygens (including phenoxy) is 11. The van der Waals surface area contributed by atoms with E-state index in [1.54, 1.807) is 21.0 Å². The third-order valence-corrected chi connectivity index (χ3v) is 18.5. The maximum atomic E-state index is 12.8. The van der Waals surface area contributed by atoms with Crippen LogP contribution in [0.25, 0.3) is 0 Å². The van der Waals surface area contributed by atoms with Gasteiger partial charge < -0.3 is 103 Å². The molecule has 0 bridgehead atoms. The Hall–Kier alpha value is -1.17. The number of hydrogen-bond acceptors (Lipinski definition) is 22. The molecule has 5 aliphatic heterocycles. The van der Waals surface area contributed by atoms with Crippen molar-refractivity contribution in [3.8, 4) is 0 Å². The number of carbonyl (C=O) groups excluding carboxylic acids is 1. The van der Waals surface area contributed by atoms with Crippen LogP contribution >= 0.6 is 0 Å². The number of aliphatic hydroxyl groups excluding tert-OH is 10. The van der Waals surface area contributed by atoms with E-state index in [4.69, 9.17) is 52.1 Å². The number of fused-ring (bicyclic) bond motifs is 2. The van der Waals surface area contributed by atoms with Crippen LogP contribution in [0.2, 0.25) is 0 Å². The molecule has 0 aromatic carbocycles. The summed E-state index contributed by atoms with van der Waals surface area (Å²) in [4.78, 5) is 12.8. The summed E-state index contributed by atoms with van der Waals surface area (Å²) in [6, 6.07) is 0. The minimum absolute atomic E-state index is 0.0315. The second kappa shape index (κ2) is 19.5. The summed E-state index contributed by atoms with van der Waals surface area (Å²) in [6.07, 6.45) is -21.7. The Bertz CT molecular complexity index is 1810. The highest BCUT2D eigenvalue weighted by Gasteiger charge is 2.90. The predicted octanol–water partition coefficient (Wildman–Crippen LogP) is -2.50. The van der Waals surface area contributed by atoms with Gasteiger partial charge in [0.15, 0.2) is 25.2 Å². The van der Waals surface area contributed by atoms with Crippen molar-refractivity contribution < 1.29 is 108 Å². The molecule has 5 saturated heterocycles. The van der Waals surface area contributed by atoms with Crippen molar-refractivity contribution in [2.75, 3.05) is 27.4 Å². The molecule has 0 unspecified atom stereocenters. The molecule has 0 amide bonds. The zero-order valence-corrected chi connectivity index (χ0v) is 40.4. The molecule has 69 heavy (non-hydrogen) atoms. The van der Waals surface area contributed by atoms with Crippen LogP contribution in [0.5, 0.6) is 0 Å². The molecular formula is C47H76O22.